The number of carbonyl (C=O) groups is 1. The second kappa shape index (κ2) is 6.17. The largest absolute Gasteiger partial charge is 0.396 e. The fourth-order valence-corrected chi connectivity index (χ4v) is 2.56. The van der Waals surface area contributed by atoms with Gasteiger partial charge in [-0.25, -0.2) is 8.78 Å². The van der Waals surface area contributed by atoms with Crippen LogP contribution in [0.5, 0.6) is 0 Å². The van der Waals surface area contributed by atoms with Gasteiger partial charge in [-0.05, 0) is 37.3 Å². The number of aliphatic hydroxyl groups excluding tert-OH is 1. The van der Waals surface area contributed by atoms with Crippen LogP contribution in [0.25, 0.3) is 0 Å². The van der Waals surface area contributed by atoms with Gasteiger partial charge in [0.05, 0.1) is 17.4 Å². The molecule has 1 saturated carbocycles. The average Bonchev–Trinajstić information content (AvgIpc) is 2.40. The predicted octanol–water partition coefficient (Wildman–Crippen LogP) is 1.83. The maximum absolute atomic E-state index is 13.7. The number of carbonyl (C=O) groups excluding carboxylic acids is 1. The van der Waals surface area contributed by atoms with Crippen LogP contribution >= 0.6 is 0 Å². The number of rotatable bonds is 3. The van der Waals surface area contributed by atoms with Gasteiger partial charge in [-0.1, -0.05) is 6.42 Å². The minimum absolute atomic E-state index is 0.164. The van der Waals surface area contributed by atoms with Crippen molar-refractivity contribution in [2.75, 3.05) is 12.3 Å². The van der Waals surface area contributed by atoms with Gasteiger partial charge in [0.25, 0.3) is 5.91 Å². The molecular weight excluding hydrogens is 266 g/mol. The number of nitrogens with one attached hydrogen (secondary N) is 1. The van der Waals surface area contributed by atoms with Gasteiger partial charge in [0, 0.05) is 6.54 Å². The lowest BCUT2D eigenvalue weighted by molar-refractivity contribution is 0.0870. The predicted molar refractivity (Wildman–Crippen MR) is 71.1 cm³/mol. The molecule has 1 amide bonds. The standard InChI is InChI=1S/C14H18F2N2O2/c15-9-5-11(13(16)12(17)6-9)14(20)18-7-8-2-1-3-10(19)4-8/h5-6,8,10,19H,1-4,7,17H2,(H,18,20). The van der Waals surface area contributed by atoms with Gasteiger partial charge >= 0.3 is 0 Å². The van der Waals surface area contributed by atoms with Gasteiger partial charge in [0.15, 0.2) is 5.82 Å². The topological polar surface area (TPSA) is 75.4 Å². The van der Waals surface area contributed by atoms with Crippen molar-refractivity contribution in [3.05, 3.63) is 29.3 Å². The van der Waals surface area contributed by atoms with E-state index in [2.05, 4.69) is 5.32 Å². The van der Waals surface area contributed by atoms with Crippen molar-refractivity contribution in [1.82, 2.24) is 5.32 Å². The average molecular weight is 284 g/mol. The number of nitrogens with two attached hydrogens (primary N) is 1. The molecule has 1 fully saturated rings. The van der Waals surface area contributed by atoms with Crippen molar-refractivity contribution in [2.45, 2.75) is 31.8 Å². The third kappa shape index (κ3) is 3.45. The fraction of sp³-hybridized carbons (Fsp3) is 0.500. The molecule has 1 aromatic carbocycles. The maximum Gasteiger partial charge on any atom is 0.254 e. The minimum atomic E-state index is -0.910. The van der Waals surface area contributed by atoms with Gasteiger partial charge in [0.2, 0.25) is 0 Å². The SMILES string of the molecule is Nc1cc(F)cc(C(=O)NCC2CCCC(O)C2)c1F. The molecule has 4 nitrogen and oxygen atoms in total. The Morgan fingerprint density at radius 2 is 2.15 bits per heavy atom. The molecule has 110 valence electrons. The van der Waals surface area contributed by atoms with E-state index in [9.17, 15) is 18.7 Å². The second-order valence-corrected chi connectivity index (χ2v) is 5.25. The quantitative estimate of drug-likeness (QED) is 0.741. The molecule has 2 rings (SSSR count). The molecule has 4 N–H and O–H groups in total. The number of hydrogen-bond donors (Lipinski definition) is 3. The van der Waals surface area contributed by atoms with E-state index in [4.69, 9.17) is 5.73 Å². The van der Waals surface area contributed by atoms with Crippen LogP contribution in [0.15, 0.2) is 12.1 Å². The van der Waals surface area contributed by atoms with Crippen LogP contribution in [0.1, 0.15) is 36.0 Å². The summed E-state index contributed by atoms with van der Waals surface area (Å²) in [6.45, 7) is 0.339. The van der Waals surface area contributed by atoms with Gasteiger partial charge in [-0.3, -0.25) is 4.79 Å². The first-order chi connectivity index (χ1) is 9.47. The monoisotopic (exact) mass is 284 g/mol. The highest BCUT2D eigenvalue weighted by Crippen LogP contribution is 2.24. The Kier molecular flexibility index (Phi) is 4.54. The van der Waals surface area contributed by atoms with Crippen molar-refractivity contribution >= 4 is 11.6 Å². The van der Waals surface area contributed by atoms with E-state index in [0.29, 0.717) is 13.0 Å². The number of aliphatic hydroxyl groups is 1. The first-order valence-corrected chi connectivity index (χ1v) is 6.68. The van der Waals surface area contributed by atoms with E-state index < -0.39 is 17.5 Å². The number of benzene rings is 1. The molecule has 2 unspecified atom stereocenters. The summed E-state index contributed by atoms with van der Waals surface area (Å²) in [4.78, 5) is 11.9. The lowest BCUT2D eigenvalue weighted by Crippen LogP contribution is -2.33. The zero-order chi connectivity index (χ0) is 14.7. The van der Waals surface area contributed by atoms with Gasteiger partial charge in [-0.2, -0.15) is 0 Å². The van der Waals surface area contributed by atoms with Gasteiger partial charge < -0.3 is 16.2 Å². The normalized spacial score (nSPS) is 22.6. The van der Waals surface area contributed by atoms with E-state index in [0.717, 1.165) is 31.4 Å². The Hall–Kier alpha value is -1.69. The molecule has 1 aliphatic rings. The van der Waals surface area contributed by atoms with Crippen LogP contribution in [-0.4, -0.2) is 23.7 Å². The van der Waals surface area contributed by atoms with Crippen LogP contribution in [0.4, 0.5) is 14.5 Å². The third-order valence-electron chi connectivity index (χ3n) is 3.62. The molecule has 0 radical (unpaired) electrons. The number of amides is 1. The summed E-state index contributed by atoms with van der Waals surface area (Å²) >= 11 is 0. The summed E-state index contributed by atoms with van der Waals surface area (Å²) in [7, 11) is 0. The molecule has 2 atom stereocenters. The maximum atomic E-state index is 13.7. The van der Waals surface area contributed by atoms with Crippen molar-refractivity contribution in [1.29, 1.82) is 0 Å². The van der Waals surface area contributed by atoms with Crippen LogP contribution in [0, 0.1) is 17.6 Å². The van der Waals surface area contributed by atoms with Gasteiger partial charge in [0.1, 0.15) is 5.82 Å². The molecule has 1 aliphatic carbocycles. The van der Waals surface area contributed by atoms with Gasteiger partial charge in [-0.15, -0.1) is 0 Å². The molecule has 1 aromatic rings. The molecule has 6 heteroatoms. The van der Waals surface area contributed by atoms with E-state index >= 15 is 0 Å². The molecule has 0 aromatic heterocycles. The summed E-state index contributed by atoms with van der Waals surface area (Å²) in [6.07, 6.45) is 2.87. The second-order valence-electron chi connectivity index (χ2n) is 5.25. The highest BCUT2D eigenvalue weighted by molar-refractivity contribution is 5.95. The fourth-order valence-electron chi connectivity index (χ4n) is 2.56. The van der Waals surface area contributed by atoms with Crippen molar-refractivity contribution in [2.24, 2.45) is 5.92 Å². The van der Waals surface area contributed by atoms with E-state index in [1.807, 2.05) is 0 Å². The highest BCUT2D eigenvalue weighted by atomic mass is 19.1. The Bertz CT molecular complexity index is 508. The van der Waals surface area contributed by atoms with Crippen molar-refractivity contribution in [3.8, 4) is 0 Å². The number of hydrogen-bond acceptors (Lipinski definition) is 3. The molecule has 0 saturated heterocycles. The molecule has 20 heavy (non-hydrogen) atoms. The van der Waals surface area contributed by atoms with Crippen LogP contribution < -0.4 is 11.1 Å². The third-order valence-corrected chi connectivity index (χ3v) is 3.62. The Labute approximate surface area is 116 Å². The minimum Gasteiger partial charge on any atom is -0.396 e. The Morgan fingerprint density at radius 3 is 2.85 bits per heavy atom. The van der Waals surface area contributed by atoms with Crippen molar-refractivity contribution < 1.29 is 18.7 Å². The molecule has 0 aliphatic heterocycles. The zero-order valence-corrected chi connectivity index (χ0v) is 11.0. The van der Waals surface area contributed by atoms with Crippen LogP contribution in [-0.2, 0) is 0 Å². The van der Waals surface area contributed by atoms with Crippen LogP contribution in [0.2, 0.25) is 0 Å². The van der Waals surface area contributed by atoms with Crippen LogP contribution in [0.3, 0.4) is 0 Å². The van der Waals surface area contributed by atoms with E-state index in [1.54, 1.807) is 0 Å². The van der Waals surface area contributed by atoms with E-state index in [-0.39, 0.29) is 23.3 Å². The molecule has 0 bridgehead atoms. The Balaban J connectivity index is 1.98. The number of anilines is 1. The smallest absolute Gasteiger partial charge is 0.254 e. The first-order valence-electron chi connectivity index (χ1n) is 6.68. The summed E-state index contributed by atoms with van der Waals surface area (Å²) in [5.41, 5.74) is 4.51. The highest BCUT2D eigenvalue weighted by Gasteiger charge is 2.22. The lowest BCUT2D eigenvalue weighted by Gasteiger charge is -2.25. The summed E-state index contributed by atoms with van der Waals surface area (Å²) < 4.78 is 26.8. The number of halogens is 2. The summed E-state index contributed by atoms with van der Waals surface area (Å²) in [6, 6.07) is 1.67. The summed E-state index contributed by atoms with van der Waals surface area (Å²) in [5.74, 6) is -2.18. The molecule has 0 spiro atoms. The van der Waals surface area contributed by atoms with E-state index in [1.165, 1.54) is 0 Å². The lowest BCUT2D eigenvalue weighted by atomic mass is 9.87. The Morgan fingerprint density at radius 1 is 1.40 bits per heavy atom. The first kappa shape index (κ1) is 14.7. The summed E-state index contributed by atoms with van der Waals surface area (Å²) in [5, 5.41) is 12.1. The molecule has 0 heterocycles. The molecular formula is C14H18F2N2O2. The number of nitrogen functional groups attached to an aromatic ring is 1. The zero-order valence-electron chi connectivity index (χ0n) is 11.0. The van der Waals surface area contributed by atoms with Crippen molar-refractivity contribution in [3.63, 3.8) is 0 Å².